The topological polar surface area (TPSA) is 114 Å². The zero-order chi connectivity index (χ0) is 16.9. The molecule has 0 fully saturated rings. The van der Waals surface area contributed by atoms with Crippen molar-refractivity contribution in [2.75, 3.05) is 5.32 Å². The lowest BCUT2D eigenvalue weighted by atomic mass is 10.2. The molecule has 0 spiro atoms. The van der Waals surface area contributed by atoms with E-state index in [0.717, 1.165) is 11.1 Å². The number of thiazole rings is 1. The third-order valence-electron chi connectivity index (χ3n) is 3.09. The van der Waals surface area contributed by atoms with Gasteiger partial charge in [0.15, 0.2) is 5.13 Å². The second kappa shape index (κ2) is 6.88. The van der Waals surface area contributed by atoms with Crippen molar-refractivity contribution in [3.63, 3.8) is 0 Å². The van der Waals surface area contributed by atoms with Gasteiger partial charge in [-0.05, 0) is 23.8 Å². The van der Waals surface area contributed by atoms with Crippen LogP contribution in [0.5, 0.6) is 0 Å². The van der Waals surface area contributed by atoms with E-state index in [0.29, 0.717) is 16.5 Å². The van der Waals surface area contributed by atoms with Gasteiger partial charge in [0.05, 0.1) is 5.69 Å². The Hall–Kier alpha value is -3.26. The van der Waals surface area contributed by atoms with Crippen molar-refractivity contribution in [2.45, 2.75) is 0 Å². The number of carbonyl (C=O) groups is 2. The minimum Gasteiger partial charge on any atom is -0.364 e. The molecule has 0 bridgehead atoms. The van der Waals surface area contributed by atoms with Gasteiger partial charge in [0.2, 0.25) is 5.91 Å². The largest absolute Gasteiger partial charge is 0.364 e. The monoisotopic (exact) mass is 339 g/mol. The molecule has 3 aromatic heterocycles. The maximum absolute atomic E-state index is 11.9. The fraction of sp³-hybridized carbons (Fsp3) is 0. The minimum absolute atomic E-state index is 0.286. The van der Waals surface area contributed by atoms with Gasteiger partial charge >= 0.3 is 0 Å². The summed E-state index contributed by atoms with van der Waals surface area (Å²) in [6.45, 7) is 0. The number of nitrogens with two attached hydrogens (primary N) is 1. The lowest BCUT2D eigenvalue weighted by Crippen LogP contribution is -2.10. The van der Waals surface area contributed by atoms with Crippen molar-refractivity contribution >= 4 is 34.4 Å². The maximum Gasteiger partial charge on any atom is 0.265 e. The van der Waals surface area contributed by atoms with Gasteiger partial charge in [-0.15, -0.1) is 11.3 Å². The predicted molar refractivity (Wildman–Crippen MR) is 92.3 cm³/mol. The molecular weight excluding hydrogens is 326 g/mol. The summed E-state index contributed by atoms with van der Waals surface area (Å²) >= 11 is 1.29. The lowest BCUT2D eigenvalue weighted by molar-refractivity contribution is -0.111. The second-order valence-corrected chi connectivity index (χ2v) is 5.67. The van der Waals surface area contributed by atoms with Crippen molar-refractivity contribution in [2.24, 2.45) is 5.73 Å². The normalized spacial score (nSPS) is 10.8. The van der Waals surface area contributed by atoms with E-state index in [9.17, 15) is 9.59 Å². The SMILES string of the molecule is NC(=O)c1cc(-c2csc(NC(=O)/C=C/c3cccnc3)n2)c[nH]1. The summed E-state index contributed by atoms with van der Waals surface area (Å²) in [6, 6.07) is 5.26. The number of rotatable bonds is 5. The Kier molecular flexibility index (Phi) is 4.48. The molecule has 4 N–H and O–H groups in total. The number of anilines is 1. The van der Waals surface area contributed by atoms with Crippen LogP contribution in [0.2, 0.25) is 0 Å². The third kappa shape index (κ3) is 3.73. The van der Waals surface area contributed by atoms with E-state index >= 15 is 0 Å². The van der Waals surface area contributed by atoms with Gasteiger partial charge in [0, 0.05) is 35.6 Å². The van der Waals surface area contributed by atoms with E-state index in [2.05, 4.69) is 20.3 Å². The van der Waals surface area contributed by atoms with E-state index in [1.807, 2.05) is 6.07 Å². The number of primary amides is 1. The van der Waals surface area contributed by atoms with E-state index in [1.165, 1.54) is 17.4 Å². The van der Waals surface area contributed by atoms with Gasteiger partial charge in [-0.3, -0.25) is 19.9 Å². The van der Waals surface area contributed by atoms with Gasteiger partial charge in [-0.25, -0.2) is 4.98 Å². The fourth-order valence-electron chi connectivity index (χ4n) is 1.94. The van der Waals surface area contributed by atoms with Crippen LogP contribution in [0.25, 0.3) is 17.3 Å². The Morgan fingerprint density at radius 2 is 2.25 bits per heavy atom. The number of nitrogens with one attached hydrogen (secondary N) is 2. The smallest absolute Gasteiger partial charge is 0.265 e. The number of carbonyl (C=O) groups excluding carboxylic acids is 2. The first-order valence-corrected chi connectivity index (χ1v) is 7.83. The molecule has 8 heteroatoms. The Bertz CT molecular complexity index is 898. The van der Waals surface area contributed by atoms with Gasteiger partial charge in [0.1, 0.15) is 5.69 Å². The Balaban J connectivity index is 1.66. The van der Waals surface area contributed by atoms with Crippen LogP contribution < -0.4 is 11.1 Å². The molecule has 0 aromatic carbocycles. The number of hydrogen-bond donors (Lipinski definition) is 3. The van der Waals surface area contributed by atoms with Crippen LogP contribution in [-0.2, 0) is 4.79 Å². The van der Waals surface area contributed by atoms with Crippen molar-refractivity contribution in [1.29, 1.82) is 0 Å². The average molecular weight is 339 g/mol. The summed E-state index contributed by atoms with van der Waals surface area (Å²) in [5.41, 5.74) is 7.72. The van der Waals surface area contributed by atoms with Crippen molar-refractivity contribution < 1.29 is 9.59 Å². The summed E-state index contributed by atoms with van der Waals surface area (Å²) in [4.78, 5) is 34.1. The van der Waals surface area contributed by atoms with Crippen LogP contribution in [0.3, 0.4) is 0 Å². The van der Waals surface area contributed by atoms with Crippen LogP contribution in [0.15, 0.2) is 48.2 Å². The van der Waals surface area contributed by atoms with Crippen molar-refractivity contribution in [3.05, 3.63) is 59.5 Å². The molecule has 0 saturated heterocycles. The number of aromatic nitrogens is 3. The molecule has 24 heavy (non-hydrogen) atoms. The van der Waals surface area contributed by atoms with Crippen LogP contribution in [0.1, 0.15) is 16.1 Å². The predicted octanol–water partition coefficient (Wildman–Crippen LogP) is 2.28. The number of H-pyrrole nitrogens is 1. The first kappa shape index (κ1) is 15.6. The summed E-state index contributed by atoms with van der Waals surface area (Å²) in [7, 11) is 0. The summed E-state index contributed by atoms with van der Waals surface area (Å²) in [6.07, 6.45) is 8.05. The highest BCUT2D eigenvalue weighted by Crippen LogP contribution is 2.25. The molecule has 0 saturated carbocycles. The minimum atomic E-state index is -0.537. The summed E-state index contributed by atoms with van der Waals surface area (Å²) in [5, 5.41) is 4.94. The van der Waals surface area contributed by atoms with Crippen LogP contribution in [0.4, 0.5) is 5.13 Å². The zero-order valence-corrected chi connectivity index (χ0v) is 13.2. The number of pyridine rings is 1. The fourth-order valence-corrected chi connectivity index (χ4v) is 2.66. The van der Waals surface area contributed by atoms with E-state index in [-0.39, 0.29) is 5.91 Å². The third-order valence-corrected chi connectivity index (χ3v) is 3.85. The second-order valence-electron chi connectivity index (χ2n) is 4.81. The maximum atomic E-state index is 11.9. The number of aromatic amines is 1. The Morgan fingerprint density at radius 1 is 1.38 bits per heavy atom. The van der Waals surface area contributed by atoms with Crippen LogP contribution >= 0.6 is 11.3 Å². The van der Waals surface area contributed by atoms with Crippen LogP contribution in [0, 0.1) is 0 Å². The van der Waals surface area contributed by atoms with Gasteiger partial charge in [-0.2, -0.15) is 0 Å². The molecule has 120 valence electrons. The number of nitrogens with zero attached hydrogens (tertiary/aromatic N) is 2. The molecule has 0 unspecified atom stereocenters. The first-order chi connectivity index (χ1) is 11.6. The molecule has 0 atom stereocenters. The highest BCUT2D eigenvalue weighted by molar-refractivity contribution is 7.14. The van der Waals surface area contributed by atoms with E-state index < -0.39 is 5.91 Å². The highest BCUT2D eigenvalue weighted by Gasteiger charge is 2.10. The Labute approximate surface area is 141 Å². The average Bonchev–Trinajstić information content (AvgIpc) is 3.23. The molecule has 3 rings (SSSR count). The zero-order valence-electron chi connectivity index (χ0n) is 12.4. The molecular formula is C16H13N5O2S. The Morgan fingerprint density at radius 3 is 2.96 bits per heavy atom. The van der Waals surface area contributed by atoms with E-state index in [1.54, 1.807) is 42.2 Å². The molecule has 0 aliphatic heterocycles. The molecule has 7 nitrogen and oxygen atoms in total. The molecule has 0 aliphatic rings. The number of amides is 2. The van der Waals surface area contributed by atoms with Gasteiger partial charge in [-0.1, -0.05) is 6.07 Å². The quantitative estimate of drug-likeness (QED) is 0.619. The van der Waals surface area contributed by atoms with E-state index in [4.69, 9.17) is 5.73 Å². The molecule has 0 aliphatic carbocycles. The molecule has 2 amide bonds. The van der Waals surface area contributed by atoms with Gasteiger partial charge < -0.3 is 10.7 Å². The first-order valence-electron chi connectivity index (χ1n) is 6.95. The van der Waals surface area contributed by atoms with Crippen molar-refractivity contribution in [1.82, 2.24) is 15.0 Å². The highest BCUT2D eigenvalue weighted by atomic mass is 32.1. The standard InChI is InChI=1S/C16H13N5O2S/c17-15(23)12-6-11(8-19-12)13-9-24-16(20-13)21-14(22)4-3-10-2-1-5-18-7-10/h1-9,19H,(H2,17,23)(H,20,21,22)/b4-3+. The van der Waals surface area contributed by atoms with Crippen LogP contribution in [-0.4, -0.2) is 26.8 Å². The molecule has 0 radical (unpaired) electrons. The van der Waals surface area contributed by atoms with Gasteiger partial charge in [0.25, 0.3) is 5.91 Å². The molecule has 3 aromatic rings. The lowest BCUT2D eigenvalue weighted by Gasteiger charge is -1.96. The van der Waals surface area contributed by atoms with Crippen molar-refractivity contribution in [3.8, 4) is 11.3 Å². The number of hydrogen-bond acceptors (Lipinski definition) is 5. The summed E-state index contributed by atoms with van der Waals surface area (Å²) in [5.74, 6) is -0.822. The molecule has 3 heterocycles. The summed E-state index contributed by atoms with van der Waals surface area (Å²) < 4.78 is 0.